The molecule has 4 nitrogen and oxygen atoms in total. The molecule has 0 saturated heterocycles. The van der Waals surface area contributed by atoms with Gasteiger partial charge in [0.05, 0.1) is 18.8 Å². The maximum absolute atomic E-state index is 13.8. The quantitative estimate of drug-likeness (QED) is 0.855. The normalized spacial score (nSPS) is 11.5. The van der Waals surface area contributed by atoms with Crippen molar-refractivity contribution in [1.29, 1.82) is 0 Å². The van der Waals surface area contributed by atoms with Gasteiger partial charge in [0.15, 0.2) is 17.5 Å². The zero-order valence-electron chi connectivity index (χ0n) is 11.2. The third-order valence-corrected chi connectivity index (χ3v) is 4.76. The topological polar surface area (TPSA) is 57.6 Å². The Morgan fingerprint density at radius 1 is 0.955 bits per heavy atom. The van der Waals surface area contributed by atoms with Crippen LogP contribution in [0, 0.1) is 17.5 Å². The molecule has 0 radical (unpaired) electrons. The van der Waals surface area contributed by atoms with Crippen LogP contribution in [0.4, 0.5) is 18.9 Å². The molecular formula is C14H12F3NO3S. The van der Waals surface area contributed by atoms with Crippen LogP contribution in [0.1, 0.15) is 0 Å². The van der Waals surface area contributed by atoms with E-state index >= 15 is 0 Å². The van der Waals surface area contributed by atoms with Crippen molar-refractivity contribution < 1.29 is 26.7 Å². The Labute approximate surface area is 125 Å². The zero-order valence-corrected chi connectivity index (χ0v) is 12.0. The predicted molar refractivity (Wildman–Crippen MR) is 74.4 cm³/mol. The zero-order chi connectivity index (χ0) is 16.3. The second kappa shape index (κ2) is 6.37. The van der Waals surface area contributed by atoms with E-state index in [1.807, 2.05) is 0 Å². The van der Waals surface area contributed by atoms with Crippen molar-refractivity contribution in [3.63, 3.8) is 0 Å². The summed E-state index contributed by atoms with van der Waals surface area (Å²) in [6.45, 7) is -0.885. The summed E-state index contributed by atoms with van der Waals surface area (Å²) in [5.74, 6) is -5.14. The molecule has 1 N–H and O–H groups in total. The number of sulfonamides is 1. The lowest BCUT2D eigenvalue weighted by atomic mass is 10.3. The van der Waals surface area contributed by atoms with Crippen LogP contribution in [-0.4, -0.2) is 26.7 Å². The summed E-state index contributed by atoms with van der Waals surface area (Å²) >= 11 is 0. The molecule has 0 aliphatic carbocycles. The fourth-order valence-corrected chi connectivity index (χ4v) is 3.41. The molecule has 2 aromatic rings. The van der Waals surface area contributed by atoms with Gasteiger partial charge in [-0.2, -0.15) is 0 Å². The number of hydrogen-bond acceptors (Lipinski definition) is 3. The van der Waals surface area contributed by atoms with E-state index in [4.69, 9.17) is 5.11 Å². The van der Waals surface area contributed by atoms with Gasteiger partial charge in [0.2, 0.25) is 0 Å². The number of aliphatic hydroxyl groups is 1. The number of rotatable bonds is 5. The molecule has 0 saturated carbocycles. The van der Waals surface area contributed by atoms with Crippen LogP contribution in [0.5, 0.6) is 0 Å². The number of para-hydroxylation sites is 1. The van der Waals surface area contributed by atoms with Gasteiger partial charge in [0.25, 0.3) is 10.0 Å². The van der Waals surface area contributed by atoms with E-state index in [0.717, 1.165) is 4.31 Å². The van der Waals surface area contributed by atoms with Crippen molar-refractivity contribution in [3.05, 3.63) is 59.9 Å². The molecule has 0 atom stereocenters. The molecule has 0 bridgehead atoms. The summed E-state index contributed by atoms with van der Waals surface area (Å²) in [6, 6.07) is 8.80. The SMILES string of the molecule is O=S(=O)(c1ccc(F)c(F)c1F)N(CCO)c1ccccc1. The summed E-state index contributed by atoms with van der Waals surface area (Å²) in [5, 5.41) is 9.04. The van der Waals surface area contributed by atoms with Crippen molar-refractivity contribution in [3.8, 4) is 0 Å². The standard InChI is InChI=1S/C14H12F3NO3S/c15-11-6-7-12(14(17)13(11)16)22(20,21)18(8-9-19)10-4-2-1-3-5-10/h1-7,19H,8-9H2. The maximum atomic E-state index is 13.8. The molecule has 0 aliphatic heterocycles. The van der Waals surface area contributed by atoms with Crippen molar-refractivity contribution >= 4 is 15.7 Å². The van der Waals surface area contributed by atoms with Crippen LogP contribution in [0.2, 0.25) is 0 Å². The summed E-state index contributed by atoms with van der Waals surface area (Å²) in [6.07, 6.45) is 0. The number of nitrogens with zero attached hydrogens (tertiary/aromatic N) is 1. The third-order valence-electron chi connectivity index (χ3n) is 2.92. The van der Waals surface area contributed by atoms with Crippen LogP contribution < -0.4 is 4.31 Å². The molecule has 2 aromatic carbocycles. The van der Waals surface area contributed by atoms with Gasteiger partial charge in [-0.1, -0.05) is 18.2 Å². The van der Waals surface area contributed by atoms with Crippen LogP contribution in [-0.2, 0) is 10.0 Å². The maximum Gasteiger partial charge on any atom is 0.267 e. The molecule has 0 amide bonds. The van der Waals surface area contributed by atoms with Gasteiger partial charge in [-0.25, -0.2) is 21.6 Å². The van der Waals surface area contributed by atoms with Gasteiger partial charge in [-0.15, -0.1) is 0 Å². The highest BCUT2D eigenvalue weighted by molar-refractivity contribution is 7.92. The fraction of sp³-hybridized carbons (Fsp3) is 0.143. The third kappa shape index (κ3) is 2.93. The van der Waals surface area contributed by atoms with Gasteiger partial charge >= 0.3 is 0 Å². The van der Waals surface area contributed by atoms with E-state index < -0.39 is 39.0 Å². The first-order chi connectivity index (χ1) is 10.4. The highest BCUT2D eigenvalue weighted by Gasteiger charge is 2.30. The Kier molecular flexibility index (Phi) is 4.72. The van der Waals surface area contributed by atoms with Crippen LogP contribution >= 0.6 is 0 Å². The van der Waals surface area contributed by atoms with E-state index in [0.29, 0.717) is 12.1 Å². The minimum atomic E-state index is -4.49. The Morgan fingerprint density at radius 2 is 1.59 bits per heavy atom. The van der Waals surface area contributed by atoms with Crippen LogP contribution in [0.15, 0.2) is 47.4 Å². The molecular weight excluding hydrogens is 319 g/mol. The minimum absolute atomic E-state index is 0.167. The molecule has 0 spiro atoms. The summed E-state index contributed by atoms with van der Waals surface area (Å²) in [5.41, 5.74) is 0.167. The van der Waals surface area contributed by atoms with Crippen LogP contribution in [0.25, 0.3) is 0 Å². The second-order valence-electron chi connectivity index (χ2n) is 4.31. The van der Waals surface area contributed by atoms with Gasteiger partial charge in [0.1, 0.15) is 4.90 Å². The number of hydrogen-bond donors (Lipinski definition) is 1. The van der Waals surface area contributed by atoms with Gasteiger partial charge in [-0.05, 0) is 24.3 Å². The van der Waals surface area contributed by atoms with E-state index in [1.165, 1.54) is 12.1 Å². The predicted octanol–water partition coefficient (Wildman–Crippen LogP) is 2.29. The smallest absolute Gasteiger partial charge is 0.267 e. The summed E-state index contributed by atoms with van der Waals surface area (Å²) in [4.78, 5) is -0.997. The molecule has 0 unspecified atom stereocenters. The highest BCUT2D eigenvalue weighted by Crippen LogP contribution is 2.26. The van der Waals surface area contributed by atoms with Crippen molar-refractivity contribution in [1.82, 2.24) is 0 Å². The van der Waals surface area contributed by atoms with E-state index in [-0.39, 0.29) is 12.2 Å². The van der Waals surface area contributed by atoms with Gasteiger partial charge in [0, 0.05) is 0 Å². The Balaban J connectivity index is 2.58. The van der Waals surface area contributed by atoms with Crippen molar-refractivity contribution in [2.45, 2.75) is 4.90 Å². The van der Waals surface area contributed by atoms with E-state index in [9.17, 15) is 21.6 Å². The second-order valence-corrected chi connectivity index (χ2v) is 6.14. The monoisotopic (exact) mass is 331 g/mol. The molecule has 0 heterocycles. The first-order valence-electron chi connectivity index (χ1n) is 6.21. The van der Waals surface area contributed by atoms with Crippen molar-refractivity contribution in [2.24, 2.45) is 0 Å². The Hall–Kier alpha value is -2.06. The average molecular weight is 331 g/mol. The molecule has 22 heavy (non-hydrogen) atoms. The van der Waals surface area contributed by atoms with Gasteiger partial charge < -0.3 is 5.11 Å². The lowest BCUT2D eigenvalue weighted by Crippen LogP contribution is -2.34. The minimum Gasteiger partial charge on any atom is -0.394 e. The molecule has 0 aromatic heterocycles. The largest absolute Gasteiger partial charge is 0.394 e. The first-order valence-corrected chi connectivity index (χ1v) is 7.65. The van der Waals surface area contributed by atoms with Gasteiger partial charge in [-0.3, -0.25) is 4.31 Å². The van der Waals surface area contributed by atoms with E-state index in [2.05, 4.69) is 0 Å². The highest BCUT2D eigenvalue weighted by atomic mass is 32.2. The summed E-state index contributed by atoms with van der Waals surface area (Å²) in [7, 11) is -4.49. The van der Waals surface area contributed by atoms with E-state index in [1.54, 1.807) is 18.2 Å². The molecule has 0 fully saturated rings. The fourth-order valence-electron chi connectivity index (χ4n) is 1.90. The lowest BCUT2D eigenvalue weighted by Gasteiger charge is -2.23. The number of anilines is 1. The number of benzene rings is 2. The molecule has 0 aliphatic rings. The summed E-state index contributed by atoms with van der Waals surface area (Å²) < 4.78 is 65.7. The Morgan fingerprint density at radius 3 is 2.18 bits per heavy atom. The molecule has 8 heteroatoms. The lowest BCUT2D eigenvalue weighted by molar-refractivity contribution is 0.306. The number of halogens is 3. The van der Waals surface area contributed by atoms with Crippen molar-refractivity contribution in [2.75, 3.05) is 17.5 Å². The first kappa shape index (κ1) is 16.3. The number of aliphatic hydroxyl groups excluding tert-OH is 1. The van der Waals surface area contributed by atoms with Crippen LogP contribution in [0.3, 0.4) is 0 Å². The average Bonchev–Trinajstić information content (AvgIpc) is 2.50. The Bertz CT molecular complexity index is 766. The molecule has 118 valence electrons. The molecule has 2 rings (SSSR count).